The number of nitrogens with one attached hydrogen (secondary N) is 1. The summed E-state index contributed by atoms with van der Waals surface area (Å²) in [5.41, 5.74) is 2.54. The van der Waals surface area contributed by atoms with Gasteiger partial charge in [0.15, 0.2) is 0 Å². The molecule has 1 saturated heterocycles. The number of carbonyl (C=O) groups excluding carboxylic acids is 1. The number of rotatable bonds is 4. The standard InChI is InChI=1S/C18H20N2O3S/c1-13-10-14(2)12-16(11-13)24(22,23)19-17-8-9-20(18(17)21)15-6-4-3-5-7-15/h3-7,10-12,17,19H,8-9H2,1-2H3/t17-/m0/s1. The number of sulfonamides is 1. The van der Waals surface area contributed by atoms with Crippen LogP contribution in [0.15, 0.2) is 53.4 Å². The fourth-order valence-corrected chi connectivity index (χ4v) is 4.41. The van der Waals surface area contributed by atoms with Crippen LogP contribution in [0.25, 0.3) is 0 Å². The lowest BCUT2D eigenvalue weighted by Gasteiger charge is -2.17. The van der Waals surface area contributed by atoms with E-state index >= 15 is 0 Å². The van der Waals surface area contributed by atoms with Crippen molar-refractivity contribution in [3.63, 3.8) is 0 Å². The molecule has 1 aliphatic heterocycles. The van der Waals surface area contributed by atoms with Gasteiger partial charge in [-0.3, -0.25) is 4.79 Å². The topological polar surface area (TPSA) is 66.5 Å². The Morgan fingerprint density at radius 1 is 1.04 bits per heavy atom. The van der Waals surface area contributed by atoms with Crippen LogP contribution in [0.1, 0.15) is 17.5 Å². The van der Waals surface area contributed by atoms with E-state index < -0.39 is 16.1 Å². The molecule has 1 atom stereocenters. The van der Waals surface area contributed by atoms with Gasteiger partial charge in [-0.1, -0.05) is 24.3 Å². The average molecular weight is 344 g/mol. The Hall–Kier alpha value is -2.18. The molecule has 3 rings (SSSR count). The Kier molecular flexibility index (Phi) is 4.43. The first-order valence-corrected chi connectivity index (χ1v) is 9.32. The first kappa shape index (κ1) is 16.7. The first-order chi connectivity index (χ1) is 11.4. The van der Waals surface area contributed by atoms with E-state index in [1.54, 1.807) is 17.0 Å². The second kappa shape index (κ2) is 6.37. The quantitative estimate of drug-likeness (QED) is 0.926. The molecule has 24 heavy (non-hydrogen) atoms. The number of nitrogens with zero attached hydrogens (tertiary/aromatic N) is 1. The lowest BCUT2D eigenvalue weighted by Crippen LogP contribution is -2.41. The van der Waals surface area contributed by atoms with Gasteiger partial charge in [-0.25, -0.2) is 8.42 Å². The van der Waals surface area contributed by atoms with Gasteiger partial charge in [-0.15, -0.1) is 0 Å². The van der Waals surface area contributed by atoms with E-state index in [1.807, 2.05) is 50.2 Å². The van der Waals surface area contributed by atoms with Crippen molar-refractivity contribution in [2.24, 2.45) is 0 Å². The van der Waals surface area contributed by atoms with Crippen LogP contribution in [-0.4, -0.2) is 26.9 Å². The number of carbonyl (C=O) groups is 1. The zero-order chi connectivity index (χ0) is 17.3. The molecule has 1 amide bonds. The molecule has 0 spiro atoms. The Morgan fingerprint density at radius 2 is 1.67 bits per heavy atom. The number of para-hydroxylation sites is 1. The summed E-state index contributed by atoms with van der Waals surface area (Å²) in [5.74, 6) is -0.214. The van der Waals surface area contributed by atoms with Crippen molar-refractivity contribution in [3.05, 3.63) is 59.7 Å². The van der Waals surface area contributed by atoms with E-state index in [0.29, 0.717) is 13.0 Å². The van der Waals surface area contributed by atoms with E-state index in [1.165, 1.54) is 0 Å². The van der Waals surface area contributed by atoms with Gasteiger partial charge < -0.3 is 4.90 Å². The Morgan fingerprint density at radius 3 is 2.29 bits per heavy atom. The third-order valence-electron chi connectivity index (χ3n) is 4.08. The number of aryl methyl sites for hydroxylation is 2. The van der Waals surface area contributed by atoms with Crippen LogP contribution < -0.4 is 9.62 Å². The maximum atomic E-state index is 12.6. The van der Waals surface area contributed by atoms with E-state index in [9.17, 15) is 13.2 Å². The van der Waals surface area contributed by atoms with Gasteiger partial charge in [0.05, 0.1) is 4.90 Å². The molecule has 0 radical (unpaired) electrons. The van der Waals surface area contributed by atoms with Crippen LogP contribution in [0.2, 0.25) is 0 Å². The molecule has 0 aliphatic carbocycles. The molecule has 2 aromatic rings. The maximum absolute atomic E-state index is 12.6. The molecule has 0 unspecified atom stereocenters. The molecule has 0 saturated carbocycles. The zero-order valence-electron chi connectivity index (χ0n) is 13.7. The molecular weight excluding hydrogens is 324 g/mol. The minimum atomic E-state index is -3.72. The third kappa shape index (κ3) is 3.34. The van der Waals surface area contributed by atoms with Crippen LogP contribution in [-0.2, 0) is 14.8 Å². The average Bonchev–Trinajstić information content (AvgIpc) is 2.88. The molecule has 0 aromatic heterocycles. The lowest BCUT2D eigenvalue weighted by atomic mass is 10.2. The summed E-state index contributed by atoms with van der Waals surface area (Å²) in [4.78, 5) is 14.4. The Bertz CT molecular complexity index is 843. The van der Waals surface area contributed by atoms with Crippen molar-refractivity contribution >= 4 is 21.6 Å². The highest BCUT2D eigenvalue weighted by Crippen LogP contribution is 2.23. The number of benzene rings is 2. The largest absolute Gasteiger partial charge is 0.311 e. The highest BCUT2D eigenvalue weighted by atomic mass is 32.2. The third-order valence-corrected chi connectivity index (χ3v) is 5.53. The Balaban J connectivity index is 1.80. The van der Waals surface area contributed by atoms with Gasteiger partial charge in [0.25, 0.3) is 0 Å². The van der Waals surface area contributed by atoms with E-state index in [4.69, 9.17) is 0 Å². The number of amides is 1. The van der Waals surface area contributed by atoms with Gasteiger partial charge in [-0.2, -0.15) is 4.72 Å². The summed E-state index contributed by atoms with van der Waals surface area (Å²) in [5, 5.41) is 0. The van der Waals surface area contributed by atoms with Crippen molar-refractivity contribution in [2.75, 3.05) is 11.4 Å². The molecule has 126 valence electrons. The molecule has 1 aliphatic rings. The van der Waals surface area contributed by atoms with E-state index in [-0.39, 0.29) is 10.8 Å². The minimum Gasteiger partial charge on any atom is -0.311 e. The monoisotopic (exact) mass is 344 g/mol. The van der Waals surface area contributed by atoms with Crippen LogP contribution >= 0.6 is 0 Å². The van der Waals surface area contributed by atoms with Crippen LogP contribution in [0.4, 0.5) is 5.69 Å². The summed E-state index contributed by atoms with van der Waals surface area (Å²) in [6.07, 6.45) is 0.456. The van der Waals surface area contributed by atoms with Gasteiger partial charge >= 0.3 is 0 Å². The smallest absolute Gasteiger partial charge is 0.245 e. The highest BCUT2D eigenvalue weighted by Gasteiger charge is 2.35. The van der Waals surface area contributed by atoms with Gasteiger partial charge in [0.2, 0.25) is 15.9 Å². The first-order valence-electron chi connectivity index (χ1n) is 7.84. The molecular formula is C18H20N2O3S. The highest BCUT2D eigenvalue weighted by molar-refractivity contribution is 7.89. The minimum absolute atomic E-state index is 0.200. The summed E-state index contributed by atoms with van der Waals surface area (Å²) < 4.78 is 27.8. The van der Waals surface area contributed by atoms with Gasteiger partial charge in [0.1, 0.15) is 6.04 Å². The molecule has 1 N–H and O–H groups in total. The SMILES string of the molecule is Cc1cc(C)cc(S(=O)(=O)N[C@H]2CCN(c3ccccc3)C2=O)c1. The zero-order valence-corrected chi connectivity index (χ0v) is 14.5. The second-order valence-electron chi connectivity index (χ2n) is 6.11. The molecule has 1 heterocycles. The van der Waals surface area contributed by atoms with Gasteiger partial charge in [0, 0.05) is 12.2 Å². The normalized spacial score (nSPS) is 18.2. The summed E-state index contributed by atoms with van der Waals surface area (Å²) in [6.45, 7) is 4.20. The van der Waals surface area contributed by atoms with Crippen molar-refractivity contribution < 1.29 is 13.2 Å². The van der Waals surface area contributed by atoms with Crippen molar-refractivity contribution in [2.45, 2.75) is 31.2 Å². The lowest BCUT2D eigenvalue weighted by molar-refractivity contribution is -0.118. The van der Waals surface area contributed by atoms with Crippen LogP contribution in [0.3, 0.4) is 0 Å². The molecule has 2 aromatic carbocycles. The van der Waals surface area contributed by atoms with Crippen molar-refractivity contribution in [1.29, 1.82) is 0 Å². The van der Waals surface area contributed by atoms with Crippen molar-refractivity contribution in [3.8, 4) is 0 Å². The molecule has 1 fully saturated rings. The van der Waals surface area contributed by atoms with E-state index in [0.717, 1.165) is 16.8 Å². The Labute approximate surface area is 142 Å². The molecule has 5 nitrogen and oxygen atoms in total. The van der Waals surface area contributed by atoms with Crippen LogP contribution in [0.5, 0.6) is 0 Å². The second-order valence-corrected chi connectivity index (χ2v) is 7.83. The summed E-state index contributed by atoms with van der Waals surface area (Å²) in [6, 6.07) is 13.7. The van der Waals surface area contributed by atoms with Gasteiger partial charge in [-0.05, 0) is 55.7 Å². The van der Waals surface area contributed by atoms with Crippen LogP contribution in [0, 0.1) is 13.8 Å². The fourth-order valence-electron chi connectivity index (χ4n) is 3.00. The summed E-state index contributed by atoms with van der Waals surface area (Å²) >= 11 is 0. The predicted molar refractivity (Wildman–Crippen MR) is 93.4 cm³/mol. The van der Waals surface area contributed by atoms with E-state index in [2.05, 4.69) is 4.72 Å². The molecule has 6 heteroatoms. The van der Waals surface area contributed by atoms with Crippen molar-refractivity contribution in [1.82, 2.24) is 4.72 Å². The maximum Gasteiger partial charge on any atom is 0.245 e. The number of hydrogen-bond acceptors (Lipinski definition) is 3. The summed E-state index contributed by atoms with van der Waals surface area (Å²) in [7, 11) is -3.72. The number of hydrogen-bond donors (Lipinski definition) is 1. The molecule has 0 bridgehead atoms. The predicted octanol–water partition coefficient (Wildman–Crippen LogP) is 2.39. The number of anilines is 1. The fraction of sp³-hybridized carbons (Fsp3) is 0.278.